The van der Waals surface area contributed by atoms with E-state index in [2.05, 4.69) is 23.1 Å². The molecular formula is C14H23NO. The van der Waals surface area contributed by atoms with Crippen LogP contribution in [0.3, 0.4) is 0 Å². The van der Waals surface area contributed by atoms with E-state index in [1.54, 1.807) is 0 Å². The van der Waals surface area contributed by atoms with E-state index in [1.165, 1.54) is 31.6 Å². The SMILES string of the molecule is CC.CCOc1cccc(N2CCCC2)c1. The molecule has 0 aromatic heterocycles. The molecule has 1 aliphatic rings. The van der Waals surface area contributed by atoms with Crippen LogP contribution in [0.1, 0.15) is 33.6 Å². The van der Waals surface area contributed by atoms with Gasteiger partial charge in [-0.05, 0) is 31.9 Å². The lowest BCUT2D eigenvalue weighted by Gasteiger charge is -2.18. The average Bonchev–Trinajstić information content (AvgIpc) is 2.86. The molecule has 0 unspecified atom stereocenters. The van der Waals surface area contributed by atoms with E-state index in [1.807, 2.05) is 26.8 Å². The third-order valence-corrected chi connectivity index (χ3v) is 2.60. The number of hydrogen-bond acceptors (Lipinski definition) is 2. The van der Waals surface area contributed by atoms with Crippen molar-refractivity contribution in [2.75, 3.05) is 24.6 Å². The second-order valence-electron chi connectivity index (χ2n) is 3.62. The topological polar surface area (TPSA) is 12.5 Å². The first-order chi connectivity index (χ1) is 7.90. The number of nitrogens with zero attached hydrogens (tertiary/aromatic N) is 1. The van der Waals surface area contributed by atoms with Gasteiger partial charge in [0.05, 0.1) is 6.61 Å². The van der Waals surface area contributed by atoms with Gasteiger partial charge >= 0.3 is 0 Å². The average molecular weight is 221 g/mol. The van der Waals surface area contributed by atoms with E-state index in [0.717, 1.165) is 12.4 Å². The molecule has 0 amide bonds. The Morgan fingerprint density at radius 1 is 1.19 bits per heavy atom. The summed E-state index contributed by atoms with van der Waals surface area (Å²) in [7, 11) is 0. The summed E-state index contributed by atoms with van der Waals surface area (Å²) in [6.07, 6.45) is 2.64. The molecule has 2 heteroatoms. The third kappa shape index (κ3) is 3.44. The molecule has 2 nitrogen and oxygen atoms in total. The van der Waals surface area contributed by atoms with E-state index < -0.39 is 0 Å². The molecule has 2 rings (SSSR count). The molecule has 1 aliphatic heterocycles. The second kappa shape index (κ2) is 7.15. The Bertz CT molecular complexity index is 293. The quantitative estimate of drug-likeness (QED) is 0.771. The lowest BCUT2D eigenvalue weighted by Crippen LogP contribution is -2.17. The zero-order valence-corrected chi connectivity index (χ0v) is 10.7. The predicted octanol–water partition coefficient (Wildman–Crippen LogP) is 3.71. The predicted molar refractivity (Wildman–Crippen MR) is 70.4 cm³/mol. The second-order valence-corrected chi connectivity index (χ2v) is 3.62. The van der Waals surface area contributed by atoms with Crippen molar-refractivity contribution in [1.29, 1.82) is 0 Å². The van der Waals surface area contributed by atoms with Gasteiger partial charge in [-0.1, -0.05) is 19.9 Å². The Labute approximate surface area is 99.2 Å². The highest BCUT2D eigenvalue weighted by Crippen LogP contribution is 2.24. The van der Waals surface area contributed by atoms with E-state index in [9.17, 15) is 0 Å². The number of hydrogen-bond donors (Lipinski definition) is 0. The van der Waals surface area contributed by atoms with Gasteiger partial charge in [-0.3, -0.25) is 0 Å². The van der Waals surface area contributed by atoms with Crippen LogP contribution >= 0.6 is 0 Å². The number of benzene rings is 1. The van der Waals surface area contributed by atoms with Crippen LogP contribution in [0.2, 0.25) is 0 Å². The molecule has 0 atom stereocenters. The molecule has 0 saturated carbocycles. The first-order valence-electron chi connectivity index (χ1n) is 6.38. The Morgan fingerprint density at radius 2 is 1.88 bits per heavy atom. The molecule has 1 saturated heterocycles. The van der Waals surface area contributed by atoms with Crippen molar-refractivity contribution in [2.45, 2.75) is 33.6 Å². The normalized spacial score (nSPS) is 14.3. The first kappa shape index (κ1) is 12.9. The van der Waals surface area contributed by atoms with Gasteiger partial charge in [0.15, 0.2) is 0 Å². The zero-order valence-electron chi connectivity index (χ0n) is 10.7. The number of ether oxygens (including phenoxy) is 1. The van der Waals surface area contributed by atoms with Crippen molar-refractivity contribution in [2.24, 2.45) is 0 Å². The van der Waals surface area contributed by atoms with Crippen LogP contribution in [-0.2, 0) is 0 Å². The summed E-state index contributed by atoms with van der Waals surface area (Å²) in [5.41, 5.74) is 1.30. The van der Waals surface area contributed by atoms with Crippen molar-refractivity contribution in [3.05, 3.63) is 24.3 Å². The highest BCUT2D eigenvalue weighted by Gasteiger charge is 2.12. The summed E-state index contributed by atoms with van der Waals surface area (Å²) in [5.74, 6) is 0.983. The first-order valence-corrected chi connectivity index (χ1v) is 6.38. The fourth-order valence-corrected chi connectivity index (χ4v) is 1.91. The van der Waals surface area contributed by atoms with Crippen molar-refractivity contribution < 1.29 is 4.74 Å². The molecule has 1 fully saturated rings. The van der Waals surface area contributed by atoms with Gasteiger partial charge < -0.3 is 9.64 Å². The van der Waals surface area contributed by atoms with Crippen LogP contribution in [0.25, 0.3) is 0 Å². The van der Waals surface area contributed by atoms with Gasteiger partial charge in [-0.2, -0.15) is 0 Å². The summed E-state index contributed by atoms with van der Waals surface area (Å²) < 4.78 is 5.48. The highest BCUT2D eigenvalue weighted by atomic mass is 16.5. The molecule has 0 N–H and O–H groups in total. The largest absolute Gasteiger partial charge is 0.494 e. The Balaban J connectivity index is 0.000000606. The zero-order chi connectivity index (χ0) is 11.8. The van der Waals surface area contributed by atoms with Crippen LogP contribution in [0.4, 0.5) is 5.69 Å². The van der Waals surface area contributed by atoms with Crippen molar-refractivity contribution >= 4 is 5.69 Å². The number of anilines is 1. The Hall–Kier alpha value is -1.18. The van der Waals surface area contributed by atoms with E-state index in [4.69, 9.17) is 4.74 Å². The Morgan fingerprint density at radius 3 is 2.50 bits per heavy atom. The summed E-state index contributed by atoms with van der Waals surface area (Å²) in [5, 5.41) is 0. The molecular weight excluding hydrogens is 198 g/mol. The minimum Gasteiger partial charge on any atom is -0.494 e. The standard InChI is InChI=1S/C12H17NO.C2H6/c1-2-14-12-7-5-6-11(10-12)13-8-3-4-9-13;1-2/h5-7,10H,2-4,8-9H2,1H3;1-2H3. The van der Waals surface area contributed by atoms with Crippen LogP contribution in [0.5, 0.6) is 5.75 Å². The van der Waals surface area contributed by atoms with Gasteiger partial charge in [0.1, 0.15) is 5.75 Å². The van der Waals surface area contributed by atoms with E-state index in [0.29, 0.717) is 0 Å². The summed E-state index contributed by atoms with van der Waals surface area (Å²) in [4.78, 5) is 2.42. The van der Waals surface area contributed by atoms with Gasteiger partial charge in [0.25, 0.3) is 0 Å². The van der Waals surface area contributed by atoms with Crippen LogP contribution in [0.15, 0.2) is 24.3 Å². The lowest BCUT2D eigenvalue weighted by molar-refractivity contribution is 0.340. The minimum absolute atomic E-state index is 0.740. The van der Waals surface area contributed by atoms with Gasteiger partial charge in [-0.15, -0.1) is 0 Å². The van der Waals surface area contributed by atoms with E-state index >= 15 is 0 Å². The van der Waals surface area contributed by atoms with Gasteiger partial charge in [0, 0.05) is 24.8 Å². The molecule has 1 heterocycles. The van der Waals surface area contributed by atoms with E-state index in [-0.39, 0.29) is 0 Å². The molecule has 0 spiro atoms. The van der Waals surface area contributed by atoms with Crippen LogP contribution in [-0.4, -0.2) is 19.7 Å². The molecule has 0 radical (unpaired) electrons. The summed E-state index contributed by atoms with van der Waals surface area (Å²) in [6.45, 7) is 9.14. The smallest absolute Gasteiger partial charge is 0.121 e. The molecule has 1 aromatic rings. The van der Waals surface area contributed by atoms with Crippen molar-refractivity contribution in [3.8, 4) is 5.75 Å². The lowest BCUT2D eigenvalue weighted by atomic mass is 10.3. The molecule has 0 aliphatic carbocycles. The third-order valence-electron chi connectivity index (χ3n) is 2.60. The molecule has 16 heavy (non-hydrogen) atoms. The molecule has 1 aromatic carbocycles. The van der Waals surface area contributed by atoms with Crippen LogP contribution in [0, 0.1) is 0 Å². The molecule has 90 valence electrons. The maximum atomic E-state index is 5.48. The monoisotopic (exact) mass is 221 g/mol. The summed E-state index contributed by atoms with van der Waals surface area (Å²) in [6, 6.07) is 8.38. The minimum atomic E-state index is 0.740. The fourth-order valence-electron chi connectivity index (χ4n) is 1.91. The van der Waals surface area contributed by atoms with Crippen molar-refractivity contribution in [3.63, 3.8) is 0 Å². The molecule has 0 bridgehead atoms. The maximum Gasteiger partial charge on any atom is 0.121 e. The Kier molecular flexibility index (Phi) is 5.76. The van der Waals surface area contributed by atoms with Crippen LogP contribution < -0.4 is 9.64 Å². The van der Waals surface area contributed by atoms with Gasteiger partial charge in [0.2, 0.25) is 0 Å². The van der Waals surface area contributed by atoms with Gasteiger partial charge in [-0.25, -0.2) is 0 Å². The van der Waals surface area contributed by atoms with Crippen molar-refractivity contribution in [1.82, 2.24) is 0 Å². The maximum absolute atomic E-state index is 5.48. The number of rotatable bonds is 3. The highest BCUT2D eigenvalue weighted by molar-refractivity contribution is 5.51. The fraction of sp³-hybridized carbons (Fsp3) is 0.571. The summed E-state index contributed by atoms with van der Waals surface area (Å²) >= 11 is 0.